The average Bonchev–Trinajstić information content (AvgIpc) is 3.12. The Hall–Kier alpha value is -2.25. The van der Waals surface area contributed by atoms with Crippen LogP contribution in [0.15, 0.2) is 21.8 Å². The van der Waals surface area contributed by atoms with E-state index in [1.54, 1.807) is 6.07 Å². The topological polar surface area (TPSA) is 92.0 Å². The van der Waals surface area contributed by atoms with Crippen LogP contribution in [0.2, 0.25) is 0 Å². The number of amides is 1. The van der Waals surface area contributed by atoms with Crippen molar-refractivity contribution in [2.24, 2.45) is 4.99 Å². The SMILES string of the molecule is CCNC(=NCc1ccon1)N1CCC(NC(=O)OC(C)(C)C)C1. The number of aliphatic imine (C=N–C) groups is 1. The minimum atomic E-state index is -0.490. The van der Waals surface area contributed by atoms with Crippen LogP contribution in [-0.2, 0) is 11.3 Å². The summed E-state index contributed by atoms with van der Waals surface area (Å²) in [5.74, 6) is 0.814. The highest BCUT2D eigenvalue weighted by Crippen LogP contribution is 2.12. The van der Waals surface area contributed by atoms with E-state index in [4.69, 9.17) is 9.26 Å². The number of rotatable bonds is 4. The first kappa shape index (κ1) is 18.1. The molecule has 0 saturated carbocycles. The van der Waals surface area contributed by atoms with Crippen LogP contribution in [-0.4, -0.2) is 53.4 Å². The number of alkyl carbamates (subject to hydrolysis) is 1. The fourth-order valence-electron chi connectivity index (χ4n) is 2.45. The van der Waals surface area contributed by atoms with Gasteiger partial charge in [-0.25, -0.2) is 9.79 Å². The highest BCUT2D eigenvalue weighted by molar-refractivity contribution is 5.80. The Bertz CT molecular complexity index is 551. The number of nitrogens with zero attached hydrogens (tertiary/aromatic N) is 3. The zero-order valence-corrected chi connectivity index (χ0v) is 14.8. The van der Waals surface area contributed by atoms with Crippen LogP contribution >= 0.6 is 0 Å². The molecule has 1 aliphatic rings. The number of likely N-dealkylation sites (tertiary alicyclic amines) is 1. The molecule has 1 aliphatic heterocycles. The molecule has 1 aromatic rings. The summed E-state index contributed by atoms with van der Waals surface area (Å²) in [6.45, 7) is 10.3. The van der Waals surface area contributed by atoms with Crippen LogP contribution in [0.25, 0.3) is 0 Å². The lowest BCUT2D eigenvalue weighted by Crippen LogP contribution is -2.44. The molecule has 1 atom stereocenters. The first-order chi connectivity index (χ1) is 11.4. The minimum absolute atomic E-state index is 0.0516. The Kier molecular flexibility index (Phi) is 6.05. The zero-order chi connectivity index (χ0) is 17.6. The second-order valence-corrected chi connectivity index (χ2v) is 6.74. The summed E-state index contributed by atoms with van der Waals surface area (Å²) in [6, 6.07) is 1.85. The second-order valence-electron chi connectivity index (χ2n) is 6.74. The maximum atomic E-state index is 11.9. The zero-order valence-electron chi connectivity index (χ0n) is 14.8. The summed E-state index contributed by atoms with van der Waals surface area (Å²) in [4.78, 5) is 18.6. The van der Waals surface area contributed by atoms with Gasteiger partial charge >= 0.3 is 6.09 Å². The Labute approximate surface area is 142 Å². The lowest BCUT2D eigenvalue weighted by Gasteiger charge is -2.23. The predicted molar refractivity (Wildman–Crippen MR) is 90.7 cm³/mol. The van der Waals surface area contributed by atoms with Gasteiger partial charge in [0.1, 0.15) is 17.6 Å². The van der Waals surface area contributed by atoms with Gasteiger partial charge in [-0.2, -0.15) is 0 Å². The highest BCUT2D eigenvalue weighted by Gasteiger charge is 2.27. The Morgan fingerprint density at radius 3 is 2.96 bits per heavy atom. The van der Waals surface area contributed by atoms with Gasteiger partial charge in [0.05, 0.1) is 12.6 Å². The molecule has 1 saturated heterocycles. The molecule has 0 radical (unpaired) electrons. The molecule has 1 amide bonds. The minimum Gasteiger partial charge on any atom is -0.444 e. The maximum Gasteiger partial charge on any atom is 0.407 e. The van der Waals surface area contributed by atoms with Crippen molar-refractivity contribution in [3.8, 4) is 0 Å². The summed E-state index contributed by atoms with van der Waals surface area (Å²) in [5, 5.41) is 10.1. The van der Waals surface area contributed by atoms with E-state index in [1.165, 1.54) is 6.26 Å². The van der Waals surface area contributed by atoms with E-state index in [2.05, 4.69) is 25.7 Å². The van der Waals surface area contributed by atoms with Gasteiger partial charge in [0.25, 0.3) is 0 Å². The first-order valence-corrected chi connectivity index (χ1v) is 8.29. The van der Waals surface area contributed by atoms with E-state index >= 15 is 0 Å². The lowest BCUT2D eigenvalue weighted by molar-refractivity contribution is 0.0507. The first-order valence-electron chi connectivity index (χ1n) is 8.29. The number of carbonyl (C=O) groups excluding carboxylic acids is 1. The Balaban J connectivity index is 1.88. The monoisotopic (exact) mass is 337 g/mol. The normalized spacial score (nSPS) is 18.6. The van der Waals surface area contributed by atoms with Crippen LogP contribution in [0.4, 0.5) is 4.79 Å². The van der Waals surface area contributed by atoms with Crippen molar-refractivity contribution in [2.75, 3.05) is 19.6 Å². The number of carbonyl (C=O) groups is 1. The quantitative estimate of drug-likeness (QED) is 0.642. The standard InChI is InChI=1S/C16H27N5O3/c1-5-17-14(18-10-12-7-9-23-20-12)21-8-6-13(11-21)19-15(22)24-16(2,3)4/h7,9,13H,5-6,8,10-11H2,1-4H3,(H,17,18)(H,19,22). The van der Waals surface area contributed by atoms with Crippen molar-refractivity contribution < 1.29 is 14.1 Å². The molecule has 2 rings (SSSR count). The van der Waals surface area contributed by atoms with Crippen molar-refractivity contribution in [1.29, 1.82) is 0 Å². The molecule has 1 fully saturated rings. The van der Waals surface area contributed by atoms with Crippen LogP contribution < -0.4 is 10.6 Å². The lowest BCUT2D eigenvalue weighted by atomic mass is 10.2. The van der Waals surface area contributed by atoms with Crippen molar-refractivity contribution >= 4 is 12.1 Å². The van der Waals surface area contributed by atoms with Crippen molar-refractivity contribution in [1.82, 2.24) is 20.7 Å². The highest BCUT2D eigenvalue weighted by atomic mass is 16.6. The number of aromatic nitrogens is 1. The Morgan fingerprint density at radius 1 is 1.54 bits per heavy atom. The largest absolute Gasteiger partial charge is 0.444 e. The third kappa shape index (κ3) is 5.75. The maximum absolute atomic E-state index is 11.9. The molecule has 8 heteroatoms. The van der Waals surface area contributed by atoms with Crippen LogP contribution in [0, 0.1) is 0 Å². The molecule has 8 nitrogen and oxygen atoms in total. The predicted octanol–water partition coefficient (Wildman–Crippen LogP) is 1.74. The van der Waals surface area contributed by atoms with Crippen molar-refractivity contribution in [2.45, 2.75) is 52.3 Å². The molecule has 1 unspecified atom stereocenters. The molecule has 0 aromatic carbocycles. The molecule has 0 bridgehead atoms. The molecule has 1 aromatic heterocycles. The van der Waals surface area contributed by atoms with Gasteiger partial charge < -0.3 is 24.8 Å². The van der Waals surface area contributed by atoms with E-state index in [-0.39, 0.29) is 12.1 Å². The van der Waals surface area contributed by atoms with E-state index in [9.17, 15) is 4.79 Å². The second kappa shape index (κ2) is 8.03. The average molecular weight is 337 g/mol. The molecule has 24 heavy (non-hydrogen) atoms. The van der Waals surface area contributed by atoms with Gasteiger partial charge in [0.2, 0.25) is 0 Å². The van der Waals surface area contributed by atoms with Gasteiger partial charge in [-0.3, -0.25) is 0 Å². The summed E-state index contributed by atoms with van der Waals surface area (Å²) in [6.07, 6.45) is 2.01. The van der Waals surface area contributed by atoms with Crippen LogP contribution in [0.3, 0.4) is 0 Å². The molecule has 0 spiro atoms. The van der Waals surface area contributed by atoms with Crippen LogP contribution in [0.5, 0.6) is 0 Å². The van der Waals surface area contributed by atoms with Gasteiger partial charge in [-0.1, -0.05) is 5.16 Å². The summed E-state index contributed by atoms with van der Waals surface area (Å²) >= 11 is 0. The van der Waals surface area contributed by atoms with Crippen molar-refractivity contribution in [3.63, 3.8) is 0 Å². The third-order valence-corrected chi connectivity index (χ3v) is 3.43. The van der Waals surface area contributed by atoms with E-state index < -0.39 is 5.60 Å². The smallest absolute Gasteiger partial charge is 0.407 e. The van der Waals surface area contributed by atoms with Crippen molar-refractivity contribution in [3.05, 3.63) is 18.0 Å². The molecule has 0 aliphatic carbocycles. The fourth-order valence-corrected chi connectivity index (χ4v) is 2.45. The molecule has 134 valence electrons. The Morgan fingerprint density at radius 2 is 2.33 bits per heavy atom. The fraction of sp³-hybridized carbons (Fsp3) is 0.688. The number of guanidine groups is 1. The van der Waals surface area contributed by atoms with Gasteiger partial charge in [-0.05, 0) is 34.1 Å². The number of hydrogen-bond acceptors (Lipinski definition) is 5. The number of hydrogen-bond donors (Lipinski definition) is 2. The number of ether oxygens (including phenoxy) is 1. The number of nitrogens with one attached hydrogen (secondary N) is 2. The van der Waals surface area contributed by atoms with Gasteiger partial charge in [0, 0.05) is 25.7 Å². The summed E-state index contributed by atoms with van der Waals surface area (Å²) in [7, 11) is 0. The molecule has 2 N–H and O–H groups in total. The molecular formula is C16H27N5O3. The van der Waals surface area contributed by atoms with Gasteiger partial charge in [-0.15, -0.1) is 0 Å². The summed E-state index contributed by atoms with van der Waals surface area (Å²) in [5.41, 5.74) is 0.295. The van der Waals surface area contributed by atoms with E-state index in [1.807, 2.05) is 27.7 Å². The molecule has 2 heterocycles. The van der Waals surface area contributed by atoms with Crippen LogP contribution in [0.1, 0.15) is 39.8 Å². The third-order valence-electron chi connectivity index (χ3n) is 3.43. The van der Waals surface area contributed by atoms with E-state index in [0.29, 0.717) is 13.1 Å². The molecular weight excluding hydrogens is 310 g/mol. The van der Waals surface area contributed by atoms with E-state index in [0.717, 1.165) is 31.2 Å². The summed E-state index contributed by atoms with van der Waals surface area (Å²) < 4.78 is 10.1. The van der Waals surface area contributed by atoms with Gasteiger partial charge in [0.15, 0.2) is 5.96 Å².